The van der Waals surface area contributed by atoms with E-state index in [1.165, 1.54) is 0 Å². The van der Waals surface area contributed by atoms with Gasteiger partial charge in [-0.1, -0.05) is 36.4 Å². The molecule has 2 aromatic carbocycles. The Kier molecular flexibility index (Phi) is 6.02. The number of carbonyl (C=O) groups excluding carboxylic acids is 2. The molecule has 4 nitrogen and oxygen atoms in total. The number of para-hydroxylation sites is 1. The van der Waals surface area contributed by atoms with Gasteiger partial charge in [0.1, 0.15) is 0 Å². The van der Waals surface area contributed by atoms with Crippen molar-refractivity contribution >= 4 is 34.4 Å². The summed E-state index contributed by atoms with van der Waals surface area (Å²) in [4.78, 5) is 29.6. The molecule has 0 aliphatic rings. The van der Waals surface area contributed by atoms with Crippen molar-refractivity contribution in [3.8, 4) is 0 Å². The molecule has 0 saturated heterocycles. The van der Waals surface area contributed by atoms with Crippen molar-refractivity contribution in [3.63, 3.8) is 0 Å². The summed E-state index contributed by atoms with van der Waals surface area (Å²) in [6.45, 7) is -0.234. The second-order valence-corrected chi connectivity index (χ2v) is 6.69. The maximum absolute atomic E-state index is 12.1. The molecule has 3 rings (SSSR count). The van der Waals surface area contributed by atoms with E-state index in [9.17, 15) is 9.59 Å². The molecule has 0 radical (unpaired) electrons. The summed E-state index contributed by atoms with van der Waals surface area (Å²) < 4.78 is 5.10. The maximum atomic E-state index is 12.1. The number of carbonyl (C=O) groups is 2. The Morgan fingerprint density at radius 2 is 1.77 bits per heavy atom. The Morgan fingerprint density at radius 3 is 2.54 bits per heavy atom. The summed E-state index contributed by atoms with van der Waals surface area (Å²) in [5.74, 6) is -0.594. The third kappa shape index (κ3) is 4.70. The number of aryl methyl sites for hydroxylation is 1. The van der Waals surface area contributed by atoms with Crippen molar-refractivity contribution in [3.05, 3.63) is 71.9 Å². The lowest BCUT2D eigenvalue weighted by atomic mass is 10.1. The van der Waals surface area contributed by atoms with Gasteiger partial charge in [0.05, 0.1) is 11.9 Å². The molecule has 1 heterocycles. The van der Waals surface area contributed by atoms with Gasteiger partial charge >= 0.3 is 5.97 Å². The summed E-state index contributed by atoms with van der Waals surface area (Å²) in [7, 11) is 0. The van der Waals surface area contributed by atoms with Gasteiger partial charge in [-0.25, -0.2) is 0 Å². The van der Waals surface area contributed by atoms with Crippen molar-refractivity contribution < 1.29 is 14.3 Å². The van der Waals surface area contributed by atoms with Crippen molar-refractivity contribution in [1.82, 2.24) is 4.98 Å². The smallest absolute Gasteiger partial charge is 0.306 e. The number of nitrogens with zero attached hydrogens (tertiary/aromatic N) is 1. The normalized spacial score (nSPS) is 10.7. The van der Waals surface area contributed by atoms with Crippen LogP contribution in [0.2, 0.25) is 0 Å². The van der Waals surface area contributed by atoms with E-state index < -0.39 is 5.97 Å². The Hall–Kier alpha value is -2.66. The first-order valence-corrected chi connectivity index (χ1v) is 9.56. The van der Waals surface area contributed by atoms with Gasteiger partial charge in [0.15, 0.2) is 12.4 Å². The van der Waals surface area contributed by atoms with Gasteiger partial charge in [-0.3, -0.25) is 14.6 Å². The number of Topliss-reactive ketones (excluding diaryl/α,β-unsaturated/α-hetero) is 1. The minimum atomic E-state index is -0.394. The number of pyridine rings is 1. The third-order valence-electron chi connectivity index (χ3n) is 4.02. The summed E-state index contributed by atoms with van der Waals surface area (Å²) in [6.07, 6.45) is 2.66. The van der Waals surface area contributed by atoms with Crippen LogP contribution in [0.5, 0.6) is 0 Å². The first-order valence-electron chi connectivity index (χ1n) is 8.33. The predicted molar refractivity (Wildman–Crippen MR) is 104 cm³/mol. The average Bonchev–Trinajstić information content (AvgIpc) is 2.70. The van der Waals surface area contributed by atoms with Gasteiger partial charge in [0, 0.05) is 28.0 Å². The first-order chi connectivity index (χ1) is 12.7. The van der Waals surface area contributed by atoms with Crippen LogP contribution in [0.15, 0.2) is 65.6 Å². The van der Waals surface area contributed by atoms with Gasteiger partial charge in [0.2, 0.25) is 0 Å². The number of hydrogen-bond donors (Lipinski definition) is 0. The Bertz CT molecular complexity index is 922. The molecule has 132 valence electrons. The lowest BCUT2D eigenvalue weighted by Crippen LogP contribution is -2.14. The van der Waals surface area contributed by atoms with Crippen LogP contribution >= 0.6 is 11.8 Å². The number of ether oxygens (including phenoxy) is 1. The molecule has 0 spiro atoms. The zero-order valence-corrected chi connectivity index (χ0v) is 15.3. The van der Waals surface area contributed by atoms with Crippen LogP contribution < -0.4 is 0 Å². The number of benzene rings is 2. The molecule has 0 saturated carbocycles. The van der Waals surface area contributed by atoms with E-state index in [-0.39, 0.29) is 18.8 Å². The molecule has 0 unspecified atom stereocenters. The van der Waals surface area contributed by atoms with Gasteiger partial charge in [0.25, 0.3) is 0 Å². The van der Waals surface area contributed by atoms with Crippen molar-refractivity contribution in [1.29, 1.82) is 0 Å². The van der Waals surface area contributed by atoms with E-state index in [2.05, 4.69) is 4.98 Å². The second-order valence-electron chi connectivity index (χ2n) is 5.81. The molecule has 0 amide bonds. The fourth-order valence-electron chi connectivity index (χ4n) is 2.56. The number of esters is 1. The van der Waals surface area contributed by atoms with Gasteiger partial charge < -0.3 is 4.74 Å². The van der Waals surface area contributed by atoms with Crippen LogP contribution in [-0.4, -0.2) is 29.6 Å². The zero-order chi connectivity index (χ0) is 18.4. The molecule has 0 N–H and O–H groups in total. The molecular formula is C21H19NO3S. The van der Waals surface area contributed by atoms with Gasteiger partial charge in [-0.15, -0.1) is 11.8 Å². The average molecular weight is 365 g/mol. The number of hydrogen-bond acceptors (Lipinski definition) is 5. The lowest BCUT2D eigenvalue weighted by molar-refractivity contribution is -0.142. The number of fused-ring (bicyclic) bond motifs is 1. The zero-order valence-electron chi connectivity index (χ0n) is 14.5. The Morgan fingerprint density at radius 1 is 1.00 bits per heavy atom. The van der Waals surface area contributed by atoms with Crippen LogP contribution in [0.4, 0.5) is 0 Å². The minimum Gasteiger partial charge on any atom is -0.457 e. The number of ketones is 1. The van der Waals surface area contributed by atoms with Crippen LogP contribution in [0.3, 0.4) is 0 Å². The molecular weight excluding hydrogens is 346 g/mol. The fourth-order valence-corrected chi connectivity index (χ4v) is 2.96. The molecule has 3 aromatic rings. The first kappa shape index (κ1) is 18.1. The molecule has 0 aliphatic carbocycles. The van der Waals surface area contributed by atoms with Crippen molar-refractivity contribution in [2.45, 2.75) is 17.7 Å². The number of aromatic nitrogens is 1. The Labute approximate surface area is 156 Å². The molecule has 0 fully saturated rings. The monoisotopic (exact) mass is 365 g/mol. The minimum absolute atomic E-state index is 0.198. The van der Waals surface area contributed by atoms with E-state index >= 15 is 0 Å². The van der Waals surface area contributed by atoms with Crippen LogP contribution in [-0.2, 0) is 16.0 Å². The SMILES string of the molecule is CSc1ccc(C(=O)COC(=O)CCc2ccc3ccccc3n2)cc1. The van der Waals surface area contributed by atoms with Gasteiger partial charge in [-0.2, -0.15) is 0 Å². The maximum Gasteiger partial charge on any atom is 0.306 e. The topological polar surface area (TPSA) is 56.3 Å². The molecule has 0 aliphatic heterocycles. The standard InChI is InChI=1S/C21H19NO3S/c1-26-18-11-7-16(8-12-18)20(23)14-25-21(24)13-10-17-9-6-15-4-2-3-5-19(15)22-17/h2-9,11-12H,10,13-14H2,1H3. The highest BCUT2D eigenvalue weighted by Gasteiger charge is 2.11. The number of rotatable bonds is 7. The van der Waals surface area contributed by atoms with E-state index in [4.69, 9.17) is 4.74 Å². The van der Waals surface area contributed by atoms with Crippen LogP contribution in [0.1, 0.15) is 22.5 Å². The number of thioether (sulfide) groups is 1. The lowest BCUT2D eigenvalue weighted by Gasteiger charge is -2.06. The second kappa shape index (κ2) is 8.63. The van der Waals surface area contributed by atoms with Crippen LogP contribution in [0.25, 0.3) is 10.9 Å². The highest BCUT2D eigenvalue weighted by atomic mass is 32.2. The molecule has 1 aromatic heterocycles. The largest absolute Gasteiger partial charge is 0.457 e. The fraction of sp³-hybridized carbons (Fsp3) is 0.190. The summed E-state index contributed by atoms with van der Waals surface area (Å²) in [5, 5.41) is 1.07. The summed E-state index contributed by atoms with van der Waals surface area (Å²) >= 11 is 1.61. The van der Waals surface area contributed by atoms with E-state index in [0.29, 0.717) is 12.0 Å². The summed E-state index contributed by atoms with van der Waals surface area (Å²) in [5.41, 5.74) is 2.29. The predicted octanol–water partition coefficient (Wildman–Crippen LogP) is 4.32. The van der Waals surface area contributed by atoms with E-state index in [1.54, 1.807) is 23.9 Å². The quantitative estimate of drug-likeness (QED) is 0.355. The molecule has 0 atom stereocenters. The van der Waals surface area contributed by atoms with Crippen molar-refractivity contribution in [2.75, 3.05) is 12.9 Å². The van der Waals surface area contributed by atoms with E-state index in [1.807, 2.05) is 54.8 Å². The van der Waals surface area contributed by atoms with Crippen LogP contribution in [0, 0.1) is 0 Å². The van der Waals surface area contributed by atoms with Gasteiger partial charge in [-0.05, 0) is 30.5 Å². The highest BCUT2D eigenvalue weighted by Crippen LogP contribution is 2.15. The molecule has 0 bridgehead atoms. The third-order valence-corrected chi connectivity index (χ3v) is 4.76. The molecule has 5 heteroatoms. The molecule has 26 heavy (non-hydrogen) atoms. The Balaban J connectivity index is 1.49. The van der Waals surface area contributed by atoms with Crippen molar-refractivity contribution in [2.24, 2.45) is 0 Å². The summed E-state index contributed by atoms with van der Waals surface area (Å²) in [6, 6.07) is 19.0. The van der Waals surface area contributed by atoms with E-state index in [0.717, 1.165) is 21.5 Å². The highest BCUT2D eigenvalue weighted by molar-refractivity contribution is 7.98.